The average Bonchev–Trinajstić information content (AvgIpc) is 2.44. The van der Waals surface area contributed by atoms with E-state index in [0.29, 0.717) is 11.4 Å². The Hall–Kier alpha value is -2.40. The molecule has 0 radical (unpaired) electrons. The lowest BCUT2D eigenvalue weighted by Gasteiger charge is -2.18. The molecule has 7 heteroatoms. The van der Waals surface area contributed by atoms with E-state index in [4.69, 9.17) is 15.0 Å². The lowest BCUT2D eigenvalue weighted by atomic mass is 10.2. The molecule has 0 heterocycles. The quantitative estimate of drug-likeness (QED) is 0.354. The van der Waals surface area contributed by atoms with Crippen LogP contribution in [0.25, 0.3) is 10.4 Å². The van der Waals surface area contributed by atoms with Crippen molar-refractivity contribution in [1.29, 1.82) is 0 Å². The van der Waals surface area contributed by atoms with Crippen molar-refractivity contribution >= 4 is 11.7 Å². The summed E-state index contributed by atoms with van der Waals surface area (Å²) in [6.45, 7) is 1.94. The Kier molecular flexibility index (Phi) is 6.05. The predicted molar refractivity (Wildman–Crippen MR) is 71.1 cm³/mol. The Morgan fingerprint density at radius 1 is 1.53 bits per heavy atom. The van der Waals surface area contributed by atoms with Crippen molar-refractivity contribution < 1.29 is 14.3 Å². The lowest BCUT2D eigenvalue weighted by molar-refractivity contribution is -0.143. The van der Waals surface area contributed by atoms with Crippen molar-refractivity contribution in [1.82, 2.24) is 0 Å². The molecule has 1 N–H and O–H groups in total. The van der Waals surface area contributed by atoms with Crippen LogP contribution in [0.1, 0.15) is 6.92 Å². The summed E-state index contributed by atoms with van der Waals surface area (Å²) in [6, 6.07) is 6.41. The topological polar surface area (TPSA) is 96.3 Å². The van der Waals surface area contributed by atoms with Crippen LogP contribution in [0, 0.1) is 0 Å². The van der Waals surface area contributed by atoms with E-state index in [1.165, 1.54) is 7.11 Å². The van der Waals surface area contributed by atoms with Crippen LogP contribution in [0.4, 0.5) is 5.69 Å². The van der Waals surface area contributed by atoms with Gasteiger partial charge in [-0.3, -0.25) is 0 Å². The maximum Gasteiger partial charge on any atom is 0.328 e. The van der Waals surface area contributed by atoms with Crippen molar-refractivity contribution in [3.05, 3.63) is 34.7 Å². The van der Waals surface area contributed by atoms with Crippen molar-refractivity contribution in [3.63, 3.8) is 0 Å². The molecule has 0 aliphatic heterocycles. The zero-order chi connectivity index (χ0) is 14.1. The number of nitrogens with one attached hydrogen (secondary N) is 1. The Bertz CT molecular complexity index is 472. The van der Waals surface area contributed by atoms with Gasteiger partial charge in [-0.1, -0.05) is 17.2 Å². The van der Waals surface area contributed by atoms with E-state index in [-0.39, 0.29) is 13.2 Å². The Balaban J connectivity index is 2.86. The predicted octanol–water partition coefficient (Wildman–Crippen LogP) is 2.35. The molecule has 1 rings (SSSR count). The van der Waals surface area contributed by atoms with Crippen molar-refractivity contribution in [3.8, 4) is 5.75 Å². The highest BCUT2D eigenvalue weighted by Gasteiger charge is 2.19. The number of ether oxygens (including phenoxy) is 2. The molecule has 1 aromatic rings. The monoisotopic (exact) mass is 264 g/mol. The second kappa shape index (κ2) is 7.84. The Morgan fingerprint density at radius 3 is 2.89 bits per heavy atom. The third-order valence-electron chi connectivity index (χ3n) is 2.34. The molecule has 0 aliphatic rings. The van der Waals surface area contributed by atoms with Gasteiger partial charge in [0.25, 0.3) is 0 Å². The molecule has 19 heavy (non-hydrogen) atoms. The van der Waals surface area contributed by atoms with Crippen LogP contribution < -0.4 is 10.1 Å². The van der Waals surface area contributed by atoms with E-state index in [9.17, 15) is 4.79 Å². The fourth-order valence-electron chi connectivity index (χ4n) is 1.49. The molecular formula is C12H16N4O3. The molecule has 0 aliphatic carbocycles. The van der Waals surface area contributed by atoms with Gasteiger partial charge in [-0.05, 0) is 24.6 Å². The largest absolute Gasteiger partial charge is 0.495 e. The highest BCUT2D eigenvalue weighted by Crippen LogP contribution is 2.24. The highest BCUT2D eigenvalue weighted by atomic mass is 16.5. The third kappa shape index (κ3) is 4.40. The molecule has 1 atom stereocenters. The summed E-state index contributed by atoms with van der Waals surface area (Å²) in [5, 5.41) is 6.36. The summed E-state index contributed by atoms with van der Waals surface area (Å²) in [6.07, 6.45) is 0. The van der Waals surface area contributed by atoms with Gasteiger partial charge in [-0.15, -0.1) is 0 Å². The third-order valence-corrected chi connectivity index (χ3v) is 2.34. The fourth-order valence-corrected chi connectivity index (χ4v) is 1.49. The second-order valence-corrected chi connectivity index (χ2v) is 3.56. The van der Waals surface area contributed by atoms with Crippen molar-refractivity contribution in [2.24, 2.45) is 5.11 Å². The number of carbonyl (C=O) groups excluding carboxylic acids is 1. The summed E-state index contributed by atoms with van der Waals surface area (Å²) in [5.41, 5.74) is 8.98. The van der Waals surface area contributed by atoms with Crippen LogP contribution >= 0.6 is 0 Å². The Morgan fingerprint density at radius 2 is 2.26 bits per heavy atom. The maximum absolute atomic E-state index is 11.7. The van der Waals surface area contributed by atoms with Crippen LogP contribution in [0.5, 0.6) is 5.75 Å². The van der Waals surface area contributed by atoms with Crippen LogP contribution in [0.2, 0.25) is 0 Å². The van der Waals surface area contributed by atoms with Gasteiger partial charge in [0.05, 0.1) is 25.9 Å². The van der Waals surface area contributed by atoms with Crippen LogP contribution in [0.3, 0.4) is 0 Å². The maximum atomic E-state index is 11.7. The van der Waals surface area contributed by atoms with Crippen LogP contribution in [0.15, 0.2) is 29.4 Å². The first kappa shape index (κ1) is 14.7. The van der Waals surface area contributed by atoms with E-state index in [1.54, 1.807) is 25.1 Å². The molecular weight excluding hydrogens is 248 g/mol. The number of esters is 1. The molecule has 1 unspecified atom stereocenters. The second-order valence-electron chi connectivity index (χ2n) is 3.56. The highest BCUT2D eigenvalue weighted by molar-refractivity contribution is 5.80. The van der Waals surface area contributed by atoms with Gasteiger partial charge in [0, 0.05) is 4.91 Å². The molecule has 0 bridgehead atoms. The summed E-state index contributed by atoms with van der Waals surface area (Å²) < 4.78 is 10.1. The minimum absolute atomic E-state index is 0.0343. The van der Waals surface area contributed by atoms with E-state index >= 15 is 0 Å². The van der Waals surface area contributed by atoms with E-state index in [2.05, 4.69) is 15.3 Å². The first-order valence-electron chi connectivity index (χ1n) is 5.80. The van der Waals surface area contributed by atoms with Gasteiger partial charge >= 0.3 is 5.97 Å². The standard InChI is InChI=1S/C12H16N4O3/c1-3-19-12(17)10(8-14-16-13)15-9-6-4-5-7-11(9)18-2/h4-7,10,15H,3,8H2,1-2H3. The van der Waals surface area contributed by atoms with Crippen LogP contribution in [-0.4, -0.2) is 32.3 Å². The molecule has 102 valence electrons. The zero-order valence-corrected chi connectivity index (χ0v) is 10.9. The Labute approximate surface area is 111 Å². The number of carbonyl (C=O) groups is 1. The molecule has 0 aromatic heterocycles. The number of benzene rings is 1. The minimum atomic E-state index is -0.743. The van der Waals surface area contributed by atoms with Gasteiger partial charge in [-0.25, -0.2) is 4.79 Å². The summed E-state index contributed by atoms with van der Waals surface area (Å²) >= 11 is 0. The molecule has 0 saturated heterocycles. The molecule has 7 nitrogen and oxygen atoms in total. The lowest BCUT2D eigenvalue weighted by Crippen LogP contribution is -2.34. The first-order chi connectivity index (χ1) is 9.22. The molecule has 0 amide bonds. The molecule has 0 fully saturated rings. The number of azide groups is 1. The van der Waals surface area contributed by atoms with E-state index in [1.807, 2.05) is 6.07 Å². The van der Waals surface area contributed by atoms with Crippen LogP contribution in [-0.2, 0) is 9.53 Å². The zero-order valence-electron chi connectivity index (χ0n) is 10.9. The number of methoxy groups -OCH3 is 1. The number of nitrogens with zero attached hydrogens (tertiary/aromatic N) is 3. The fraction of sp³-hybridized carbons (Fsp3) is 0.417. The van der Waals surface area contributed by atoms with Gasteiger partial charge < -0.3 is 14.8 Å². The first-order valence-corrected chi connectivity index (χ1v) is 5.80. The van der Waals surface area contributed by atoms with Crippen molar-refractivity contribution in [2.75, 3.05) is 25.6 Å². The number of hydrogen-bond acceptors (Lipinski definition) is 5. The van der Waals surface area contributed by atoms with E-state index in [0.717, 1.165) is 0 Å². The van der Waals surface area contributed by atoms with Gasteiger partial charge in [0.15, 0.2) is 0 Å². The summed E-state index contributed by atoms with van der Waals surface area (Å²) in [7, 11) is 1.54. The van der Waals surface area contributed by atoms with Gasteiger partial charge in [0.2, 0.25) is 0 Å². The number of rotatable bonds is 7. The normalized spacial score (nSPS) is 11.1. The van der Waals surface area contributed by atoms with Gasteiger partial charge in [0.1, 0.15) is 11.8 Å². The van der Waals surface area contributed by atoms with Crippen molar-refractivity contribution in [2.45, 2.75) is 13.0 Å². The smallest absolute Gasteiger partial charge is 0.328 e. The minimum Gasteiger partial charge on any atom is -0.495 e. The number of anilines is 1. The SMILES string of the molecule is CCOC(=O)C(CN=[N+]=[N-])Nc1ccccc1OC. The average molecular weight is 264 g/mol. The number of hydrogen-bond donors (Lipinski definition) is 1. The summed E-state index contributed by atoms with van der Waals surface area (Å²) in [4.78, 5) is 14.4. The van der Waals surface area contributed by atoms with E-state index < -0.39 is 12.0 Å². The van der Waals surface area contributed by atoms with Gasteiger partial charge in [-0.2, -0.15) is 0 Å². The molecule has 0 saturated carbocycles. The summed E-state index contributed by atoms with van der Waals surface area (Å²) in [5.74, 6) is 0.124. The molecule has 1 aromatic carbocycles. The number of para-hydroxylation sites is 2. The molecule has 0 spiro atoms.